The molecule has 0 radical (unpaired) electrons. The third-order valence-corrected chi connectivity index (χ3v) is 7.36. The molecule has 20 heavy (non-hydrogen) atoms. The first-order chi connectivity index (χ1) is 9.79. The van der Waals surface area contributed by atoms with Gasteiger partial charge in [-0.3, -0.25) is 0 Å². The van der Waals surface area contributed by atoms with Gasteiger partial charge in [0.05, 0.1) is 8.80 Å². The minimum absolute atomic E-state index is 0.687. The number of aryl methyl sites for hydroxylation is 1. The second-order valence-electron chi connectivity index (χ2n) is 6.22. The largest absolute Gasteiger partial charge is 0.0681 e. The zero-order valence-corrected chi connectivity index (χ0v) is 15.1. The van der Waals surface area contributed by atoms with Gasteiger partial charge in [-0.1, -0.05) is 107 Å². The molecule has 1 atom stereocenters. The molecule has 0 bridgehead atoms. The van der Waals surface area contributed by atoms with Crippen LogP contribution in [0.25, 0.3) is 0 Å². The molecule has 0 heterocycles. The lowest BCUT2D eigenvalue weighted by atomic mass is 10.1. The molecule has 1 unspecified atom stereocenters. The van der Waals surface area contributed by atoms with Crippen LogP contribution in [-0.4, -0.2) is 8.80 Å². The molecule has 0 N–H and O–H groups in total. The fraction of sp³-hybridized carbons (Fsp3) is 0.684. The fourth-order valence-electron chi connectivity index (χ4n) is 3.08. The van der Waals surface area contributed by atoms with Crippen molar-refractivity contribution in [2.24, 2.45) is 0 Å². The van der Waals surface area contributed by atoms with E-state index in [1.54, 1.807) is 10.8 Å². The molecule has 1 heteroatoms. The SMILES string of the molecule is CCCCCCCCCC[SiH](C)c1ccccc1CC. The predicted molar refractivity (Wildman–Crippen MR) is 95.9 cm³/mol. The lowest BCUT2D eigenvalue weighted by Gasteiger charge is -2.14. The van der Waals surface area contributed by atoms with Crippen molar-refractivity contribution in [3.8, 4) is 0 Å². The number of hydrogen-bond donors (Lipinski definition) is 0. The summed E-state index contributed by atoms with van der Waals surface area (Å²) < 4.78 is 0. The Kier molecular flexibility index (Phi) is 9.74. The molecule has 0 amide bonds. The first-order valence-electron chi connectivity index (χ1n) is 8.87. The molecule has 114 valence electrons. The minimum atomic E-state index is -0.687. The molecule has 0 aliphatic rings. The third-order valence-electron chi connectivity index (χ3n) is 4.46. The van der Waals surface area contributed by atoms with E-state index in [2.05, 4.69) is 44.7 Å². The van der Waals surface area contributed by atoms with Crippen molar-refractivity contribution in [3.63, 3.8) is 0 Å². The Bertz CT molecular complexity index is 345. The highest BCUT2D eigenvalue weighted by Crippen LogP contribution is 2.12. The van der Waals surface area contributed by atoms with E-state index >= 15 is 0 Å². The summed E-state index contributed by atoms with van der Waals surface area (Å²) in [7, 11) is -0.687. The number of rotatable bonds is 11. The maximum atomic E-state index is 2.54. The molecule has 0 aliphatic carbocycles. The van der Waals surface area contributed by atoms with Crippen LogP contribution in [0.4, 0.5) is 0 Å². The van der Waals surface area contributed by atoms with E-state index in [4.69, 9.17) is 0 Å². The van der Waals surface area contributed by atoms with Gasteiger partial charge in [0.15, 0.2) is 0 Å². The number of unbranched alkanes of at least 4 members (excludes halogenated alkanes) is 7. The van der Waals surface area contributed by atoms with Crippen LogP contribution in [-0.2, 0) is 6.42 Å². The van der Waals surface area contributed by atoms with Gasteiger partial charge < -0.3 is 0 Å². The van der Waals surface area contributed by atoms with Gasteiger partial charge in [-0.25, -0.2) is 0 Å². The molecule has 1 rings (SSSR count). The highest BCUT2D eigenvalue weighted by molar-refractivity contribution is 6.72. The molecule has 1 aromatic carbocycles. The highest BCUT2D eigenvalue weighted by atomic mass is 28.3. The van der Waals surface area contributed by atoms with E-state index in [-0.39, 0.29) is 0 Å². The monoisotopic (exact) mass is 290 g/mol. The summed E-state index contributed by atoms with van der Waals surface area (Å²) >= 11 is 0. The summed E-state index contributed by atoms with van der Waals surface area (Å²) in [5, 5.41) is 1.72. The van der Waals surface area contributed by atoms with Crippen molar-refractivity contribution in [3.05, 3.63) is 29.8 Å². The van der Waals surface area contributed by atoms with Crippen LogP contribution >= 0.6 is 0 Å². The van der Waals surface area contributed by atoms with E-state index in [9.17, 15) is 0 Å². The molecular formula is C19H34Si. The molecule has 0 saturated heterocycles. The van der Waals surface area contributed by atoms with Crippen molar-refractivity contribution in [1.82, 2.24) is 0 Å². The standard InChI is InChI=1S/C19H34Si/c1-4-6-7-8-9-10-11-14-17-20(3)19-16-13-12-15-18(19)5-2/h12-13,15-16,20H,4-11,14,17H2,1-3H3. The minimum Gasteiger partial charge on any atom is -0.0680 e. The van der Waals surface area contributed by atoms with Gasteiger partial charge in [0, 0.05) is 0 Å². The van der Waals surface area contributed by atoms with Crippen LogP contribution in [0.2, 0.25) is 12.6 Å². The summed E-state index contributed by atoms with van der Waals surface area (Å²) in [5.41, 5.74) is 1.60. The molecule has 0 aromatic heterocycles. The van der Waals surface area contributed by atoms with Gasteiger partial charge in [0.1, 0.15) is 0 Å². The van der Waals surface area contributed by atoms with Gasteiger partial charge in [0.25, 0.3) is 0 Å². The van der Waals surface area contributed by atoms with E-state index < -0.39 is 8.80 Å². The molecule has 0 saturated carbocycles. The van der Waals surface area contributed by atoms with Crippen molar-refractivity contribution in [1.29, 1.82) is 0 Å². The molecule has 0 spiro atoms. The maximum absolute atomic E-state index is 2.54. The van der Waals surface area contributed by atoms with E-state index in [0.29, 0.717) is 0 Å². The van der Waals surface area contributed by atoms with E-state index in [1.165, 1.54) is 63.8 Å². The van der Waals surface area contributed by atoms with Crippen LogP contribution in [0.1, 0.15) is 70.8 Å². The maximum Gasteiger partial charge on any atom is 0.0681 e. The van der Waals surface area contributed by atoms with Crippen molar-refractivity contribution in [2.45, 2.75) is 84.2 Å². The Hall–Kier alpha value is -0.563. The van der Waals surface area contributed by atoms with E-state index in [1.807, 2.05) is 0 Å². The smallest absolute Gasteiger partial charge is 0.0680 e. The Labute approximate surface area is 128 Å². The van der Waals surface area contributed by atoms with Crippen LogP contribution in [0.3, 0.4) is 0 Å². The Morgan fingerprint density at radius 2 is 1.40 bits per heavy atom. The molecular weight excluding hydrogens is 256 g/mol. The van der Waals surface area contributed by atoms with E-state index in [0.717, 1.165) is 0 Å². The summed E-state index contributed by atoms with van der Waals surface area (Å²) in [6.45, 7) is 7.12. The van der Waals surface area contributed by atoms with Crippen LogP contribution < -0.4 is 5.19 Å². The van der Waals surface area contributed by atoms with Crippen molar-refractivity contribution in [2.75, 3.05) is 0 Å². The molecule has 1 aromatic rings. The zero-order chi connectivity index (χ0) is 14.6. The fourth-order valence-corrected chi connectivity index (χ4v) is 5.66. The second kappa shape index (κ2) is 11.1. The first kappa shape index (κ1) is 17.5. The van der Waals surface area contributed by atoms with Gasteiger partial charge in [-0.2, -0.15) is 0 Å². The van der Waals surface area contributed by atoms with Crippen LogP contribution in [0, 0.1) is 0 Å². The first-order valence-corrected chi connectivity index (χ1v) is 11.4. The topological polar surface area (TPSA) is 0 Å². The van der Waals surface area contributed by atoms with Gasteiger partial charge in [-0.05, 0) is 12.0 Å². The van der Waals surface area contributed by atoms with Crippen molar-refractivity contribution < 1.29 is 0 Å². The summed E-state index contributed by atoms with van der Waals surface area (Å²) in [5.74, 6) is 0. The number of benzene rings is 1. The Balaban J connectivity index is 2.15. The zero-order valence-electron chi connectivity index (χ0n) is 14.0. The predicted octanol–water partition coefficient (Wildman–Crippen LogP) is 5.45. The van der Waals surface area contributed by atoms with Gasteiger partial charge in [-0.15, -0.1) is 0 Å². The molecule has 0 fully saturated rings. The van der Waals surface area contributed by atoms with Crippen molar-refractivity contribution >= 4 is 14.0 Å². The summed E-state index contributed by atoms with van der Waals surface area (Å²) in [4.78, 5) is 0. The number of hydrogen-bond acceptors (Lipinski definition) is 0. The summed E-state index contributed by atoms with van der Waals surface area (Å²) in [6.07, 6.45) is 12.7. The van der Waals surface area contributed by atoms with Crippen LogP contribution in [0.15, 0.2) is 24.3 Å². The lowest BCUT2D eigenvalue weighted by Crippen LogP contribution is -2.29. The average molecular weight is 291 g/mol. The highest BCUT2D eigenvalue weighted by Gasteiger charge is 2.10. The summed E-state index contributed by atoms with van der Waals surface area (Å²) in [6, 6.07) is 10.6. The normalized spacial score (nSPS) is 12.6. The van der Waals surface area contributed by atoms with Gasteiger partial charge in [0.2, 0.25) is 0 Å². The average Bonchev–Trinajstić information content (AvgIpc) is 2.49. The molecule has 0 nitrogen and oxygen atoms in total. The lowest BCUT2D eigenvalue weighted by molar-refractivity contribution is 0.584. The van der Waals surface area contributed by atoms with Gasteiger partial charge >= 0.3 is 0 Å². The third kappa shape index (κ3) is 6.74. The molecule has 0 aliphatic heterocycles. The second-order valence-corrected chi connectivity index (χ2v) is 9.22. The quantitative estimate of drug-likeness (QED) is 0.375. The van der Waals surface area contributed by atoms with Crippen LogP contribution in [0.5, 0.6) is 0 Å². The Morgan fingerprint density at radius 1 is 0.800 bits per heavy atom. The Morgan fingerprint density at radius 3 is 2.05 bits per heavy atom.